The Labute approximate surface area is 153 Å². The number of rotatable bonds is 5. The van der Waals surface area contributed by atoms with Crippen LogP contribution >= 0.6 is 0 Å². The van der Waals surface area contributed by atoms with Gasteiger partial charge in [0.1, 0.15) is 5.56 Å². The first-order valence-corrected chi connectivity index (χ1v) is 9.54. The number of carbonyl (C=O) groups is 1. The number of imidazole rings is 1. The largest absolute Gasteiger partial charge is 0.465 e. The van der Waals surface area contributed by atoms with Gasteiger partial charge in [0, 0.05) is 13.1 Å². The Morgan fingerprint density at radius 1 is 1.12 bits per heavy atom. The second-order valence-electron chi connectivity index (χ2n) is 6.94. The molecule has 1 aliphatic rings. The molecule has 0 atom stereocenters. The lowest BCUT2D eigenvalue weighted by molar-refractivity contribution is 0.0601. The van der Waals surface area contributed by atoms with Gasteiger partial charge in [-0.2, -0.15) is 5.10 Å². The molecule has 6 nitrogen and oxygen atoms in total. The van der Waals surface area contributed by atoms with Gasteiger partial charge in [-0.15, -0.1) is 0 Å². The molecule has 3 heterocycles. The molecule has 0 N–H and O–H groups in total. The van der Waals surface area contributed by atoms with Crippen LogP contribution in [0.2, 0.25) is 0 Å². The highest BCUT2D eigenvalue weighted by Crippen LogP contribution is 2.26. The number of aryl methyl sites for hydroxylation is 1. The summed E-state index contributed by atoms with van der Waals surface area (Å²) in [5.74, 6) is -0.307. The van der Waals surface area contributed by atoms with Crippen LogP contribution in [0.25, 0.3) is 16.7 Å². The van der Waals surface area contributed by atoms with Gasteiger partial charge >= 0.3 is 5.97 Å². The van der Waals surface area contributed by atoms with Gasteiger partial charge in [0.05, 0.1) is 23.8 Å². The summed E-state index contributed by atoms with van der Waals surface area (Å²) in [5.41, 5.74) is 4.40. The first kappa shape index (κ1) is 17.1. The van der Waals surface area contributed by atoms with Crippen molar-refractivity contribution < 1.29 is 9.53 Å². The van der Waals surface area contributed by atoms with Gasteiger partial charge < -0.3 is 14.2 Å². The van der Waals surface area contributed by atoms with Crippen LogP contribution in [0.15, 0.2) is 24.3 Å². The topological polar surface area (TPSA) is 51.8 Å². The zero-order chi connectivity index (χ0) is 18.1. The van der Waals surface area contributed by atoms with E-state index in [2.05, 4.69) is 21.6 Å². The highest BCUT2D eigenvalue weighted by Gasteiger charge is 2.25. The molecule has 1 fully saturated rings. The van der Waals surface area contributed by atoms with Crippen molar-refractivity contribution in [3.63, 3.8) is 0 Å². The third-order valence-electron chi connectivity index (χ3n) is 5.40. The Morgan fingerprint density at radius 3 is 2.54 bits per heavy atom. The first-order chi connectivity index (χ1) is 12.7. The average Bonchev–Trinajstić information content (AvgIpc) is 3.21. The number of carbonyl (C=O) groups excluding carboxylic acids is 1. The number of ether oxygens (including phenoxy) is 1. The minimum absolute atomic E-state index is 0.307. The summed E-state index contributed by atoms with van der Waals surface area (Å²) in [6.45, 7) is 6.18. The van der Waals surface area contributed by atoms with E-state index in [0.717, 1.165) is 35.5 Å². The molecule has 0 amide bonds. The van der Waals surface area contributed by atoms with Crippen LogP contribution in [-0.2, 0) is 17.7 Å². The molecule has 0 aliphatic carbocycles. The summed E-state index contributed by atoms with van der Waals surface area (Å²) in [7, 11) is 1.44. The number of esters is 1. The summed E-state index contributed by atoms with van der Waals surface area (Å²) >= 11 is 0. The molecule has 26 heavy (non-hydrogen) atoms. The van der Waals surface area contributed by atoms with Crippen LogP contribution in [0.1, 0.15) is 42.2 Å². The van der Waals surface area contributed by atoms with Crippen LogP contribution in [0.5, 0.6) is 0 Å². The fourth-order valence-corrected chi connectivity index (χ4v) is 4.07. The number of benzene rings is 1. The number of hydrogen-bond donors (Lipinski definition) is 0. The van der Waals surface area contributed by atoms with E-state index in [1.807, 2.05) is 23.6 Å². The van der Waals surface area contributed by atoms with Crippen LogP contribution in [0.3, 0.4) is 0 Å². The molecule has 0 saturated carbocycles. The van der Waals surface area contributed by atoms with E-state index in [9.17, 15) is 4.79 Å². The predicted molar refractivity (Wildman–Crippen MR) is 102 cm³/mol. The summed E-state index contributed by atoms with van der Waals surface area (Å²) in [6.07, 6.45) is 4.60. The third-order valence-corrected chi connectivity index (χ3v) is 5.40. The Hall–Kier alpha value is -2.34. The number of nitrogens with zero attached hydrogens (tertiary/aromatic N) is 4. The lowest BCUT2D eigenvalue weighted by Crippen LogP contribution is -2.32. The molecule has 0 bridgehead atoms. The van der Waals surface area contributed by atoms with E-state index in [-0.39, 0.29) is 5.97 Å². The van der Waals surface area contributed by atoms with E-state index < -0.39 is 0 Å². The number of para-hydroxylation sites is 2. The molecule has 0 unspecified atom stereocenters. The zero-order valence-corrected chi connectivity index (χ0v) is 15.6. The predicted octanol–water partition coefficient (Wildman–Crippen LogP) is 3.12. The smallest absolute Gasteiger partial charge is 0.343 e. The van der Waals surface area contributed by atoms with Crippen LogP contribution in [-0.4, -0.2) is 51.8 Å². The molecule has 1 aliphatic heterocycles. The van der Waals surface area contributed by atoms with Gasteiger partial charge in [0.25, 0.3) is 0 Å². The number of likely N-dealkylation sites (tertiary alicyclic amines) is 1. The quantitative estimate of drug-likeness (QED) is 0.661. The van der Waals surface area contributed by atoms with Crippen molar-refractivity contribution in [2.75, 3.05) is 26.7 Å². The van der Waals surface area contributed by atoms with Crippen molar-refractivity contribution in [1.29, 1.82) is 0 Å². The molecule has 1 aromatic carbocycles. The maximum atomic E-state index is 12.5. The van der Waals surface area contributed by atoms with Gasteiger partial charge in [0.2, 0.25) is 0 Å². The highest BCUT2D eigenvalue weighted by molar-refractivity contribution is 6.00. The van der Waals surface area contributed by atoms with E-state index in [1.54, 1.807) is 0 Å². The van der Waals surface area contributed by atoms with Crippen LogP contribution in [0.4, 0.5) is 0 Å². The maximum Gasteiger partial charge on any atom is 0.343 e. The fraction of sp³-hybridized carbons (Fsp3) is 0.500. The van der Waals surface area contributed by atoms with Crippen molar-refractivity contribution in [1.82, 2.24) is 19.1 Å². The Kier molecular flexibility index (Phi) is 4.68. The Bertz CT molecular complexity index is 934. The summed E-state index contributed by atoms with van der Waals surface area (Å²) < 4.78 is 9.23. The molecule has 4 rings (SSSR count). The summed E-state index contributed by atoms with van der Waals surface area (Å²) in [6, 6.07) is 8.22. The number of aromatic nitrogens is 3. The third kappa shape index (κ3) is 2.78. The second-order valence-corrected chi connectivity index (χ2v) is 6.94. The standard InChI is InChI=1S/C20H26N4O2/c1-3-15-18(20(25)26-2)19-23(14-13-22-11-7-4-8-12-22)16-9-5-6-10-17(16)24(19)21-15/h5-6,9-10H,3-4,7-8,11-14H2,1-2H3. The second kappa shape index (κ2) is 7.11. The molecule has 6 heteroatoms. The van der Waals surface area contributed by atoms with Crippen molar-refractivity contribution >= 4 is 22.6 Å². The monoisotopic (exact) mass is 354 g/mol. The van der Waals surface area contributed by atoms with Crippen molar-refractivity contribution in [3.8, 4) is 0 Å². The molecule has 2 aromatic heterocycles. The van der Waals surface area contributed by atoms with E-state index in [4.69, 9.17) is 9.84 Å². The minimum Gasteiger partial charge on any atom is -0.465 e. The number of methoxy groups -OCH3 is 1. The van der Waals surface area contributed by atoms with E-state index >= 15 is 0 Å². The summed E-state index contributed by atoms with van der Waals surface area (Å²) in [5, 5.41) is 4.73. The van der Waals surface area contributed by atoms with Crippen LogP contribution < -0.4 is 0 Å². The molecule has 0 spiro atoms. The lowest BCUT2D eigenvalue weighted by Gasteiger charge is -2.26. The van der Waals surface area contributed by atoms with Crippen molar-refractivity contribution in [2.45, 2.75) is 39.2 Å². The molecular formula is C20H26N4O2. The normalized spacial score (nSPS) is 15.8. The van der Waals surface area contributed by atoms with Gasteiger partial charge in [0.15, 0.2) is 5.65 Å². The van der Waals surface area contributed by atoms with Gasteiger partial charge in [-0.1, -0.05) is 25.5 Å². The number of piperidine rings is 1. The first-order valence-electron chi connectivity index (χ1n) is 9.54. The lowest BCUT2D eigenvalue weighted by atomic mass is 10.1. The maximum absolute atomic E-state index is 12.5. The molecule has 3 aromatic rings. The fourth-order valence-electron chi connectivity index (χ4n) is 4.07. The number of fused-ring (bicyclic) bond motifs is 3. The molecular weight excluding hydrogens is 328 g/mol. The van der Waals surface area contributed by atoms with E-state index in [1.165, 1.54) is 39.5 Å². The Balaban J connectivity index is 1.84. The molecule has 138 valence electrons. The van der Waals surface area contributed by atoms with E-state index in [0.29, 0.717) is 12.0 Å². The molecule has 1 saturated heterocycles. The van der Waals surface area contributed by atoms with Gasteiger partial charge in [-0.05, 0) is 44.5 Å². The Morgan fingerprint density at radius 2 is 1.85 bits per heavy atom. The minimum atomic E-state index is -0.307. The molecule has 0 radical (unpaired) electrons. The zero-order valence-electron chi connectivity index (χ0n) is 15.6. The van der Waals surface area contributed by atoms with Crippen LogP contribution in [0, 0.1) is 0 Å². The number of hydrogen-bond acceptors (Lipinski definition) is 4. The van der Waals surface area contributed by atoms with Crippen molar-refractivity contribution in [2.24, 2.45) is 0 Å². The summed E-state index contributed by atoms with van der Waals surface area (Å²) in [4.78, 5) is 15.0. The van der Waals surface area contributed by atoms with Crippen molar-refractivity contribution in [3.05, 3.63) is 35.5 Å². The van der Waals surface area contributed by atoms with Gasteiger partial charge in [-0.3, -0.25) is 0 Å². The highest BCUT2D eigenvalue weighted by atomic mass is 16.5. The SMILES string of the molecule is CCc1nn2c3ccccc3n(CCN3CCCCC3)c2c1C(=O)OC. The van der Waals surface area contributed by atoms with Gasteiger partial charge in [-0.25, -0.2) is 9.31 Å². The average molecular weight is 354 g/mol.